The second kappa shape index (κ2) is 11.4. The van der Waals surface area contributed by atoms with E-state index in [1.165, 1.54) is 0 Å². The number of ketones is 1. The van der Waals surface area contributed by atoms with Gasteiger partial charge in [-0.1, -0.05) is 59.7 Å². The van der Waals surface area contributed by atoms with Gasteiger partial charge in [-0.05, 0) is 117 Å². The second-order valence-electron chi connectivity index (χ2n) is 12.2. The maximum absolute atomic E-state index is 15.1. The molecule has 4 aromatic carbocycles. The first-order valence-corrected chi connectivity index (χ1v) is 14.7. The number of benzene rings is 4. The summed E-state index contributed by atoms with van der Waals surface area (Å²) >= 11 is 0. The second-order valence-corrected chi connectivity index (χ2v) is 12.2. The van der Waals surface area contributed by atoms with E-state index in [1.807, 2.05) is 38.1 Å². The van der Waals surface area contributed by atoms with Crippen molar-refractivity contribution in [1.29, 1.82) is 0 Å². The first-order chi connectivity index (χ1) is 20.0. The fraction of sp³-hybridized carbons (Fsp3) is 0.342. The van der Waals surface area contributed by atoms with Gasteiger partial charge in [0.05, 0.1) is 20.1 Å². The molecule has 5 rings (SSSR count). The van der Waals surface area contributed by atoms with Gasteiger partial charge in [-0.2, -0.15) is 0 Å². The summed E-state index contributed by atoms with van der Waals surface area (Å²) < 4.78 is 10.9. The molecule has 0 amide bonds. The summed E-state index contributed by atoms with van der Waals surface area (Å²) in [5, 5.41) is 13.1. The van der Waals surface area contributed by atoms with E-state index >= 15 is 4.79 Å². The molecule has 1 N–H and O–H groups in total. The Hall–Kier alpha value is -3.89. The fourth-order valence-corrected chi connectivity index (χ4v) is 7.77. The summed E-state index contributed by atoms with van der Waals surface area (Å²) in [6, 6.07) is 24.5. The number of rotatable bonds is 7. The van der Waals surface area contributed by atoms with Crippen LogP contribution in [0.4, 0.5) is 0 Å². The third kappa shape index (κ3) is 5.13. The number of hydrogen-bond acceptors (Lipinski definition) is 4. The molecule has 4 heteroatoms. The predicted octanol–water partition coefficient (Wildman–Crippen LogP) is 8.21. The van der Waals surface area contributed by atoms with Crippen molar-refractivity contribution in [2.24, 2.45) is 5.92 Å². The molecule has 0 saturated heterocycles. The monoisotopic (exact) mass is 562 g/mol. The highest BCUT2D eigenvalue weighted by Gasteiger charge is 2.58. The Balaban J connectivity index is 1.81. The van der Waals surface area contributed by atoms with E-state index in [0.29, 0.717) is 12.0 Å². The third-order valence-electron chi connectivity index (χ3n) is 9.20. The van der Waals surface area contributed by atoms with Crippen LogP contribution in [0.5, 0.6) is 11.5 Å². The molecule has 0 aromatic heterocycles. The van der Waals surface area contributed by atoms with Crippen LogP contribution in [0, 0.1) is 47.5 Å². The van der Waals surface area contributed by atoms with E-state index in [9.17, 15) is 5.11 Å². The van der Waals surface area contributed by atoms with Crippen LogP contribution >= 0.6 is 0 Å². The van der Waals surface area contributed by atoms with Crippen molar-refractivity contribution in [3.63, 3.8) is 0 Å². The molecule has 0 unspecified atom stereocenters. The summed E-state index contributed by atoms with van der Waals surface area (Å²) in [5.41, 5.74) is 8.43. The Labute approximate surface area is 250 Å². The Morgan fingerprint density at radius 2 is 1.12 bits per heavy atom. The van der Waals surface area contributed by atoms with Gasteiger partial charge in [0, 0.05) is 11.5 Å². The van der Waals surface area contributed by atoms with Gasteiger partial charge in [0.2, 0.25) is 0 Å². The lowest BCUT2D eigenvalue weighted by atomic mass is 9.70. The van der Waals surface area contributed by atoms with Gasteiger partial charge < -0.3 is 14.6 Å². The minimum absolute atomic E-state index is 0.0105. The summed E-state index contributed by atoms with van der Waals surface area (Å²) in [5.74, 6) is 0.418. The zero-order valence-electron chi connectivity index (χ0n) is 26.0. The van der Waals surface area contributed by atoms with Crippen molar-refractivity contribution < 1.29 is 19.4 Å². The van der Waals surface area contributed by atoms with Crippen LogP contribution in [-0.4, -0.2) is 25.1 Å². The molecule has 1 aliphatic rings. The highest BCUT2D eigenvalue weighted by atomic mass is 16.5. The van der Waals surface area contributed by atoms with Crippen LogP contribution in [0.3, 0.4) is 0 Å². The smallest absolute Gasteiger partial charge is 0.170 e. The molecule has 0 bridgehead atoms. The molecule has 218 valence electrons. The molecule has 0 aliphatic heterocycles. The number of methoxy groups -OCH3 is 2. The lowest BCUT2D eigenvalue weighted by Gasteiger charge is -2.35. The minimum atomic E-state index is -1.39. The minimum Gasteiger partial charge on any atom is -0.497 e. The van der Waals surface area contributed by atoms with Crippen LogP contribution in [-0.2, 0) is 5.60 Å². The van der Waals surface area contributed by atoms with Gasteiger partial charge in [-0.3, -0.25) is 4.79 Å². The molecular weight excluding hydrogens is 520 g/mol. The van der Waals surface area contributed by atoms with Crippen molar-refractivity contribution in [3.05, 3.63) is 128 Å². The number of hydrogen-bond donors (Lipinski definition) is 1. The normalized spacial score (nSPS) is 21.8. The highest BCUT2D eigenvalue weighted by molar-refractivity contribution is 6.02. The molecule has 1 aliphatic carbocycles. The lowest BCUT2D eigenvalue weighted by Crippen LogP contribution is -2.39. The van der Waals surface area contributed by atoms with Crippen LogP contribution in [0.2, 0.25) is 0 Å². The van der Waals surface area contributed by atoms with Crippen molar-refractivity contribution in [1.82, 2.24) is 0 Å². The first-order valence-electron chi connectivity index (χ1n) is 14.7. The largest absolute Gasteiger partial charge is 0.497 e. The van der Waals surface area contributed by atoms with Gasteiger partial charge in [-0.15, -0.1) is 0 Å². The van der Waals surface area contributed by atoms with Crippen molar-refractivity contribution >= 4 is 5.78 Å². The molecule has 1 saturated carbocycles. The number of Topliss-reactive ketones (excluding diaryl/α,β-unsaturated/α-hetero) is 1. The van der Waals surface area contributed by atoms with Gasteiger partial charge in [-0.25, -0.2) is 0 Å². The molecule has 42 heavy (non-hydrogen) atoms. The summed E-state index contributed by atoms with van der Waals surface area (Å²) in [6.07, 6.45) is 0.418. The van der Waals surface area contributed by atoms with Crippen molar-refractivity contribution in [2.75, 3.05) is 14.2 Å². The van der Waals surface area contributed by atoms with Crippen molar-refractivity contribution in [3.8, 4) is 11.5 Å². The Bertz CT molecular complexity index is 1570. The summed E-state index contributed by atoms with van der Waals surface area (Å²) in [4.78, 5) is 15.1. The van der Waals surface area contributed by atoms with Crippen LogP contribution in [0.1, 0.15) is 78.7 Å². The molecule has 4 atom stereocenters. The average Bonchev–Trinajstić information content (AvgIpc) is 3.25. The SMILES string of the molecule is COc1ccc([C@@H]2[C@@H](C(=O)c3c(C)cc(C)cc3C)[C@](O)(c3c(C)cc(C)cc3C)C[C@H]2c2ccc(OC)cc2)cc1. The van der Waals surface area contributed by atoms with Gasteiger partial charge in [0.15, 0.2) is 5.78 Å². The van der Waals surface area contributed by atoms with Crippen LogP contribution in [0.25, 0.3) is 0 Å². The number of carbonyl (C=O) groups is 1. The molecule has 0 spiro atoms. The Morgan fingerprint density at radius 1 is 0.690 bits per heavy atom. The number of carbonyl (C=O) groups excluding carboxylic acids is 1. The van der Waals surface area contributed by atoms with E-state index in [-0.39, 0.29) is 17.6 Å². The maximum Gasteiger partial charge on any atom is 0.170 e. The number of ether oxygens (including phenoxy) is 2. The third-order valence-corrected chi connectivity index (χ3v) is 9.20. The van der Waals surface area contributed by atoms with E-state index in [1.54, 1.807) is 14.2 Å². The van der Waals surface area contributed by atoms with Crippen LogP contribution in [0.15, 0.2) is 72.8 Å². The summed E-state index contributed by atoms with van der Waals surface area (Å²) in [7, 11) is 3.31. The molecule has 4 nitrogen and oxygen atoms in total. The van der Waals surface area contributed by atoms with Gasteiger partial charge in [0.25, 0.3) is 0 Å². The quantitative estimate of drug-likeness (QED) is 0.231. The number of aryl methyl sites for hydroxylation is 6. The van der Waals surface area contributed by atoms with E-state index in [4.69, 9.17) is 9.47 Å². The predicted molar refractivity (Wildman–Crippen MR) is 169 cm³/mol. The van der Waals surface area contributed by atoms with E-state index < -0.39 is 11.5 Å². The number of aliphatic hydroxyl groups is 1. The molecule has 1 fully saturated rings. The average molecular weight is 563 g/mol. The molecular formula is C38H42O4. The lowest BCUT2D eigenvalue weighted by molar-refractivity contribution is -0.00124. The van der Waals surface area contributed by atoms with Gasteiger partial charge in [0.1, 0.15) is 17.1 Å². The van der Waals surface area contributed by atoms with Crippen LogP contribution < -0.4 is 9.47 Å². The molecule has 0 radical (unpaired) electrons. The Morgan fingerprint density at radius 3 is 1.57 bits per heavy atom. The molecule has 0 heterocycles. The van der Waals surface area contributed by atoms with Crippen molar-refractivity contribution in [2.45, 2.75) is 65.4 Å². The maximum atomic E-state index is 15.1. The standard InChI is InChI=1S/C38H42O4/c1-22-17-24(3)33(25(4)18-22)37(39)36-34(29-11-15-31(42-8)16-12-29)32(28-9-13-30(41-7)14-10-28)21-38(36,40)35-26(5)19-23(2)20-27(35)6/h9-20,32,34,36,40H,21H2,1-8H3/t32-,34-,36-,38+/m0/s1. The van der Waals surface area contributed by atoms with E-state index in [0.717, 1.165) is 61.6 Å². The molecule has 4 aromatic rings. The highest BCUT2D eigenvalue weighted by Crippen LogP contribution is 2.60. The van der Waals surface area contributed by atoms with E-state index in [2.05, 4.69) is 76.2 Å². The Kier molecular flexibility index (Phi) is 8.04. The fourth-order valence-electron chi connectivity index (χ4n) is 7.77. The topological polar surface area (TPSA) is 55.8 Å². The zero-order chi connectivity index (χ0) is 30.3. The zero-order valence-corrected chi connectivity index (χ0v) is 26.0. The van der Waals surface area contributed by atoms with Gasteiger partial charge >= 0.3 is 0 Å². The summed E-state index contributed by atoms with van der Waals surface area (Å²) in [6.45, 7) is 12.3. The first kappa shape index (κ1) is 29.6.